The number of fused-ring (bicyclic) bond motifs is 3. The number of thiophene rings is 1. The quantitative estimate of drug-likeness (QED) is 0.400. The van der Waals surface area contributed by atoms with E-state index in [0.29, 0.717) is 5.82 Å². The molecule has 1 N–H and O–H groups in total. The zero-order valence-corrected chi connectivity index (χ0v) is 21.1. The Morgan fingerprint density at radius 3 is 2.20 bits per heavy atom. The van der Waals surface area contributed by atoms with E-state index in [1.807, 2.05) is 35.8 Å². The van der Waals surface area contributed by atoms with Gasteiger partial charge in [-0.25, -0.2) is 0 Å². The fourth-order valence-corrected chi connectivity index (χ4v) is 5.64. The van der Waals surface area contributed by atoms with E-state index in [0.717, 1.165) is 50.1 Å². The van der Waals surface area contributed by atoms with Gasteiger partial charge in [-0.15, -0.1) is 21.5 Å². The molecular weight excluding hydrogens is 460 g/mol. The number of rotatable bonds is 5. The highest BCUT2D eigenvalue weighted by Gasteiger charge is 2.36. The number of carboxylic acid groups (broad SMARTS) is 1. The van der Waals surface area contributed by atoms with E-state index >= 15 is 0 Å². The van der Waals surface area contributed by atoms with Gasteiger partial charge in [0, 0.05) is 16.0 Å². The SMILES string of the molecule is COc1ccc(-c2ccc(C3=N[C@@H](C(C)C(=O)O)c4nnc(C)n4-c4sc(C)c(C)c43)cc2)cc1. The molecule has 5 rings (SSSR count). The number of carboxylic acids is 1. The first kappa shape index (κ1) is 23.0. The van der Waals surface area contributed by atoms with Crippen LogP contribution >= 0.6 is 11.3 Å². The van der Waals surface area contributed by atoms with Crippen LogP contribution in [-0.4, -0.2) is 38.7 Å². The summed E-state index contributed by atoms with van der Waals surface area (Å²) in [6.45, 7) is 7.75. The lowest BCUT2D eigenvalue weighted by Crippen LogP contribution is -2.21. The molecule has 0 amide bonds. The average molecular weight is 487 g/mol. The van der Waals surface area contributed by atoms with Gasteiger partial charge in [0.05, 0.1) is 18.7 Å². The lowest BCUT2D eigenvalue weighted by atomic mass is 9.96. The Hall–Kier alpha value is -3.78. The molecule has 178 valence electrons. The third kappa shape index (κ3) is 3.83. The second-order valence-corrected chi connectivity index (χ2v) is 9.96. The molecule has 35 heavy (non-hydrogen) atoms. The number of methoxy groups -OCH3 is 1. The normalized spacial score (nSPS) is 15.6. The molecule has 8 heteroatoms. The molecule has 0 saturated heterocycles. The number of benzene rings is 2. The van der Waals surface area contributed by atoms with Crippen LogP contribution in [-0.2, 0) is 4.79 Å². The number of aliphatic imine (C=N–C) groups is 1. The largest absolute Gasteiger partial charge is 0.497 e. The minimum Gasteiger partial charge on any atom is -0.497 e. The van der Waals surface area contributed by atoms with Crippen LogP contribution in [0.5, 0.6) is 5.75 Å². The maximum absolute atomic E-state index is 12.0. The van der Waals surface area contributed by atoms with E-state index in [4.69, 9.17) is 9.73 Å². The van der Waals surface area contributed by atoms with Crippen molar-refractivity contribution in [2.24, 2.45) is 10.9 Å². The number of nitrogens with zero attached hydrogens (tertiary/aromatic N) is 4. The third-order valence-corrected chi connectivity index (χ3v) is 7.83. The first-order valence-electron chi connectivity index (χ1n) is 11.4. The number of aliphatic carboxylic acids is 1. The molecule has 0 spiro atoms. The van der Waals surface area contributed by atoms with Crippen LogP contribution in [0, 0.1) is 26.7 Å². The zero-order chi connectivity index (χ0) is 24.9. The number of hydrogen-bond acceptors (Lipinski definition) is 6. The van der Waals surface area contributed by atoms with E-state index in [1.54, 1.807) is 25.4 Å². The molecule has 1 unspecified atom stereocenters. The van der Waals surface area contributed by atoms with Gasteiger partial charge < -0.3 is 9.84 Å². The summed E-state index contributed by atoms with van der Waals surface area (Å²) in [4.78, 5) is 18.3. The number of hydrogen-bond donors (Lipinski definition) is 1. The molecule has 0 saturated carbocycles. The van der Waals surface area contributed by atoms with E-state index in [-0.39, 0.29) is 0 Å². The van der Waals surface area contributed by atoms with Crippen LogP contribution in [0.3, 0.4) is 0 Å². The fraction of sp³-hybridized carbons (Fsp3) is 0.259. The Morgan fingerprint density at radius 1 is 1.00 bits per heavy atom. The van der Waals surface area contributed by atoms with Crippen LogP contribution in [0.15, 0.2) is 53.5 Å². The topological polar surface area (TPSA) is 89.6 Å². The fourth-order valence-electron chi connectivity index (χ4n) is 4.42. The van der Waals surface area contributed by atoms with Crippen molar-refractivity contribution >= 4 is 23.0 Å². The van der Waals surface area contributed by atoms with Crippen molar-refractivity contribution in [3.8, 4) is 21.9 Å². The molecule has 4 aromatic rings. The minimum absolute atomic E-state index is 0.560. The number of aromatic nitrogens is 3. The van der Waals surface area contributed by atoms with Crippen LogP contribution in [0.25, 0.3) is 16.1 Å². The Balaban J connectivity index is 1.67. The average Bonchev–Trinajstić information content (AvgIpc) is 3.33. The van der Waals surface area contributed by atoms with Gasteiger partial charge >= 0.3 is 5.97 Å². The Kier molecular flexibility index (Phi) is 5.76. The molecule has 2 atom stereocenters. The summed E-state index contributed by atoms with van der Waals surface area (Å²) in [5.74, 6) is 0.413. The lowest BCUT2D eigenvalue weighted by molar-refractivity contribution is -0.141. The Bertz CT molecular complexity index is 1450. The molecule has 0 bridgehead atoms. The van der Waals surface area contributed by atoms with Gasteiger partial charge in [0.25, 0.3) is 0 Å². The van der Waals surface area contributed by atoms with Crippen molar-refractivity contribution in [2.75, 3.05) is 7.11 Å². The summed E-state index contributed by atoms with van der Waals surface area (Å²) < 4.78 is 7.25. The molecule has 7 nitrogen and oxygen atoms in total. The molecule has 2 aromatic heterocycles. The zero-order valence-electron chi connectivity index (χ0n) is 20.2. The van der Waals surface area contributed by atoms with Crippen molar-refractivity contribution in [1.82, 2.24) is 14.8 Å². The van der Waals surface area contributed by atoms with Gasteiger partial charge in [0.2, 0.25) is 0 Å². The summed E-state index contributed by atoms with van der Waals surface area (Å²) in [5.41, 5.74) is 6.02. The number of ether oxygens (including phenoxy) is 1. The van der Waals surface area contributed by atoms with Gasteiger partial charge in [0.1, 0.15) is 22.6 Å². The summed E-state index contributed by atoms with van der Waals surface area (Å²) >= 11 is 1.66. The van der Waals surface area contributed by atoms with Crippen molar-refractivity contribution in [1.29, 1.82) is 0 Å². The predicted molar refractivity (Wildman–Crippen MR) is 137 cm³/mol. The summed E-state index contributed by atoms with van der Waals surface area (Å²) in [6, 6.07) is 15.5. The first-order valence-corrected chi connectivity index (χ1v) is 12.2. The van der Waals surface area contributed by atoms with Gasteiger partial charge in [0.15, 0.2) is 5.82 Å². The summed E-state index contributed by atoms with van der Waals surface area (Å²) in [7, 11) is 1.65. The van der Waals surface area contributed by atoms with Crippen molar-refractivity contribution in [3.05, 3.63) is 81.7 Å². The maximum Gasteiger partial charge on any atom is 0.308 e. The highest BCUT2D eigenvalue weighted by atomic mass is 32.1. The molecule has 0 aliphatic carbocycles. The van der Waals surface area contributed by atoms with Gasteiger partial charge in [-0.3, -0.25) is 14.4 Å². The maximum atomic E-state index is 12.0. The summed E-state index contributed by atoms with van der Waals surface area (Å²) in [5, 5.41) is 19.5. The van der Waals surface area contributed by atoms with Crippen LogP contribution in [0.1, 0.15) is 46.2 Å². The third-order valence-electron chi connectivity index (χ3n) is 6.63. The van der Waals surface area contributed by atoms with Gasteiger partial charge in [-0.1, -0.05) is 36.4 Å². The van der Waals surface area contributed by atoms with Gasteiger partial charge in [-0.05, 0) is 56.5 Å². The van der Waals surface area contributed by atoms with E-state index < -0.39 is 17.9 Å². The monoisotopic (exact) mass is 486 g/mol. The highest BCUT2D eigenvalue weighted by molar-refractivity contribution is 7.15. The molecule has 2 aromatic carbocycles. The lowest BCUT2D eigenvalue weighted by Gasteiger charge is -2.16. The molecule has 0 fully saturated rings. The molecule has 1 aliphatic rings. The standard InChI is InChI=1S/C27H26N4O3S/c1-14-16(3)35-26-22(14)24(28-23(15(2)27(32)33)25-30-29-17(4)31(25)26)20-8-6-18(7-9-20)19-10-12-21(34-5)13-11-19/h6-13,15,23H,1-5H3,(H,32,33)/t15?,23-/m0/s1. The molecular formula is C27H26N4O3S. The number of carbonyl (C=O) groups is 1. The Morgan fingerprint density at radius 2 is 1.60 bits per heavy atom. The molecule has 0 radical (unpaired) electrons. The smallest absolute Gasteiger partial charge is 0.308 e. The van der Waals surface area contributed by atoms with Crippen LogP contribution < -0.4 is 4.74 Å². The van der Waals surface area contributed by atoms with E-state index in [9.17, 15) is 9.90 Å². The van der Waals surface area contributed by atoms with Crippen molar-refractivity contribution in [3.63, 3.8) is 0 Å². The molecule has 3 heterocycles. The van der Waals surface area contributed by atoms with E-state index in [2.05, 4.69) is 48.3 Å². The molecule has 1 aliphatic heterocycles. The minimum atomic E-state index is -0.918. The number of aryl methyl sites for hydroxylation is 2. The summed E-state index contributed by atoms with van der Waals surface area (Å²) in [6.07, 6.45) is 0. The van der Waals surface area contributed by atoms with Gasteiger partial charge in [-0.2, -0.15) is 0 Å². The van der Waals surface area contributed by atoms with E-state index in [1.165, 1.54) is 4.88 Å². The first-order chi connectivity index (χ1) is 16.8. The Labute approximate surface area is 207 Å². The second-order valence-electron chi connectivity index (χ2n) is 8.76. The predicted octanol–water partition coefficient (Wildman–Crippen LogP) is 5.54. The van der Waals surface area contributed by atoms with Crippen LogP contribution in [0.2, 0.25) is 0 Å². The van der Waals surface area contributed by atoms with Crippen molar-refractivity contribution in [2.45, 2.75) is 33.7 Å². The van der Waals surface area contributed by atoms with Crippen molar-refractivity contribution < 1.29 is 14.6 Å². The highest BCUT2D eigenvalue weighted by Crippen LogP contribution is 2.40. The van der Waals surface area contributed by atoms with Crippen LogP contribution in [0.4, 0.5) is 0 Å². The second kappa shape index (κ2) is 8.78.